The monoisotopic (exact) mass is 316 g/mol. The summed E-state index contributed by atoms with van der Waals surface area (Å²) in [5, 5.41) is 2.06. The van der Waals surface area contributed by atoms with E-state index in [0.29, 0.717) is 17.9 Å². The number of rotatable bonds is 4. The van der Waals surface area contributed by atoms with Gasteiger partial charge in [0.15, 0.2) is 6.61 Å². The first-order chi connectivity index (χ1) is 10.6. The molecule has 2 heterocycles. The van der Waals surface area contributed by atoms with Crippen molar-refractivity contribution in [1.29, 1.82) is 0 Å². The quantitative estimate of drug-likeness (QED) is 0.935. The summed E-state index contributed by atoms with van der Waals surface area (Å²) in [7, 11) is 0. The molecule has 0 bridgehead atoms. The minimum absolute atomic E-state index is 0.00457. The highest BCUT2D eigenvalue weighted by atomic mass is 32.1. The van der Waals surface area contributed by atoms with Crippen molar-refractivity contribution in [2.45, 2.75) is 13.0 Å². The molecule has 1 aromatic carbocycles. The number of hydrogen-bond donors (Lipinski definition) is 1. The van der Waals surface area contributed by atoms with Gasteiger partial charge in [-0.05, 0) is 47.7 Å². The first kappa shape index (κ1) is 14.6. The number of fused-ring (bicyclic) bond motifs is 1. The van der Waals surface area contributed by atoms with E-state index in [9.17, 15) is 9.59 Å². The van der Waals surface area contributed by atoms with E-state index in [1.807, 2.05) is 4.90 Å². The van der Waals surface area contributed by atoms with E-state index < -0.39 is 5.91 Å². The predicted octanol–water partition coefficient (Wildman–Crippen LogP) is 1.81. The van der Waals surface area contributed by atoms with Crippen LogP contribution in [0.2, 0.25) is 0 Å². The van der Waals surface area contributed by atoms with Crippen molar-refractivity contribution in [3.05, 3.63) is 51.7 Å². The second-order valence-corrected chi connectivity index (χ2v) is 6.11. The van der Waals surface area contributed by atoms with Gasteiger partial charge in [0.25, 0.3) is 5.91 Å². The van der Waals surface area contributed by atoms with Crippen LogP contribution in [0, 0.1) is 0 Å². The average molecular weight is 316 g/mol. The average Bonchev–Trinajstić information content (AvgIpc) is 3.00. The molecule has 0 saturated carbocycles. The van der Waals surface area contributed by atoms with E-state index in [4.69, 9.17) is 10.5 Å². The fourth-order valence-corrected chi connectivity index (χ4v) is 3.30. The molecular weight excluding hydrogens is 300 g/mol. The van der Waals surface area contributed by atoms with Crippen molar-refractivity contribution in [3.8, 4) is 5.75 Å². The minimum Gasteiger partial charge on any atom is -0.484 e. The highest BCUT2D eigenvalue weighted by Gasteiger charge is 2.21. The Balaban J connectivity index is 1.55. The third-order valence-corrected chi connectivity index (χ3v) is 4.68. The number of amides is 2. The lowest BCUT2D eigenvalue weighted by Gasteiger charge is -2.26. The third-order valence-electron chi connectivity index (χ3n) is 3.66. The van der Waals surface area contributed by atoms with Crippen LogP contribution in [-0.2, 0) is 17.8 Å². The molecule has 0 aliphatic carbocycles. The van der Waals surface area contributed by atoms with E-state index in [2.05, 4.69) is 11.4 Å². The Hall–Kier alpha value is -2.34. The number of thiophene rings is 1. The van der Waals surface area contributed by atoms with Gasteiger partial charge < -0.3 is 15.4 Å². The lowest BCUT2D eigenvalue weighted by Crippen LogP contribution is -2.38. The van der Waals surface area contributed by atoms with Crippen LogP contribution in [-0.4, -0.2) is 29.9 Å². The Morgan fingerprint density at radius 1 is 1.23 bits per heavy atom. The van der Waals surface area contributed by atoms with Crippen LogP contribution >= 0.6 is 11.3 Å². The fourth-order valence-electron chi connectivity index (χ4n) is 2.41. The van der Waals surface area contributed by atoms with Crippen molar-refractivity contribution in [3.63, 3.8) is 0 Å². The molecule has 22 heavy (non-hydrogen) atoms. The van der Waals surface area contributed by atoms with Crippen LogP contribution < -0.4 is 10.5 Å². The molecule has 6 heteroatoms. The zero-order valence-electron chi connectivity index (χ0n) is 12.0. The van der Waals surface area contributed by atoms with E-state index in [-0.39, 0.29) is 12.5 Å². The van der Waals surface area contributed by atoms with Gasteiger partial charge in [-0.15, -0.1) is 11.3 Å². The van der Waals surface area contributed by atoms with Crippen LogP contribution in [0.1, 0.15) is 20.8 Å². The van der Waals surface area contributed by atoms with Crippen molar-refractivity contribution in [2.75, 3.05) is 13.2 Å². The summed E-state index contributed by atoms with van der Waals surface area (Å²) in [6, 6.07) is 8.52. The van der Waals surface area contributed by atoms with E-state index in [1.54, 1.807) is 35.6 Å². The van der Waals surface area contributed by atoms with Gasteiger partial charge in [0, 0.05) is 23.5 Å². The topological polar surface area (TPSA) is 72.6 Å². The number of carbonyl (C=O) groups excluding carboxylic acids is 2. The number of nitrogens with zero attached hydrogens (tertiary/aromatic N) is 1. The molecule has 2 aromatic rings. The summed E-state index contributed by atoms with van der Waals surface area (Å²) < 4.78 is 5.48. The van der Waals surface area contributed by atoms with Crippen molar-refractivity contribution in [1.82, 2.24) is 4.90 Å². The molecule has 2 N–H and O–H groups in total. The molecule has 0 spiro atoms. The minimum atomic E-state index is -0.484. The Labute approximate surface area is 132 Å². The second-order valence-electron chi connectivity index (χ2n) is 5.11. The maximum Gasteiger partial charge on any atom is 0.260 e. The molecule has 1 aliphatic rings. The smallest absolute Gasteiger partial charge is 0.260 e. The predicted molar refractivity (Wildman–Crippen MR) is 83.9 cm³/mol. The first-order valence-electron chi connectivity index (χ1n) is 6.99. The highest BCUT2D eigenvalue weighted by molar-refractivity contribution is 7.10. The molecule has 0 unspecified atom stereocenters. The lowest BCUT2D eigenvalue weighted by atomic mass is 10.1. The number of primary amides is 1. The van der Waals surface area contributed by atoms with E-state index in [0.717, 1.165) is 13.0 Å². The summed E-state index contributed by atoms with van der Waals surface area (Å²) in [4.78, 5) is 26.4. The highest BCUT2D eigenvalue weighted by Crippen LogP contribution is 2.24. The van der Waals surface area contributed by atoms with E-state index in [1.165, 1.54) is 10.4 Å². The summed E-state index contributed by atoms with van der Waals surface area (Å²) in [6.07, 6.45) is 0.909. The standard InChI is InChI=1S/C16H16N2O3S/c17-16(20)11-1-3-13(4-2-11)21-10-15(19)18-7-5-14-12(9-18)6-8-22-14/h1-4,6,8H,5,7,9-10H2,(H2,17,20). The Morgan fingerprint density at radius 2 is 2.00 bits per heavy atom. The SMILES string of the molecule is NC(=O)c1ccc(OCC(=O)N2CCc3sccc3C2)cc1. The van der Waals surface area contributed by atoms with Crippen LogP contribution in [0.25, 0.3) is 0 Å². The van der Waals surface area contributed by atoms with Gasteiger partial charge in [0.1, 0.15) is 5.75 Å². The van der Waals surface area contributed by atoms with Crippen LogP contribution in [0.15, 0.2) is 35.7 Å². The van der Waals surface area contributed by atoms with Crippen molar-refractivity contribution >= 4 is 23.2 Å². The summed E-state index contributed by atoms with van der Waals surface area (Å²) >= 11 is 1.75. The molecule has 114 valence electrons. The van der Waals surface area contributed by atoms with Gasteiger partial charge in [-0.1, -0.05) is 0 Å². The molecule has 0 saturated heterocycles. The maximum absolute atomic E-state index is 12.2. The summed E-state index contributed by atoms with van der Waals surface area (Å²) in [6.45, 7) is 1.38. The Morgan fingerprint density at radius 3 is 2.73 bits per heavy atom. The molecule has 1 aromatic heterocycles. The number of carbonyl (C=O) groups is 2. The zero-order valence-corrected chi connectivity index (χ0v) is 12.8. The first-order valence-corrected chi connectivity index (χ1v) is 7.87. The van der Waals surface area contributed by atoms with Gasteiger partial charge in [0.2, 0.25) is 5.91 Å². The molecule has 0 radical (unpaired) electrons. The van der Waals surface area contributed by atoms with Gasteiger partial charge in [0.05, 0.1) is 0 Å². The molecule has 1 aliphatic heterocycles. The van der Waals surface area contributed by atoms with Gasteiger partial charge in [-0.25, -0.2) is 0 Å². The van der Waals surface area contributed by atoms with Gasteiger partial charge in [-0.2, -0.15) is 0 Å². The Bertz CT molecular complexity index is 694. The zero-order chi connectivity index (χ0) is 15.5. The van der Waals surface area contributed by atoms with Gasteiger partial charge in [-0.3, -0.25) is 9.59 Å². The van der Waals surface area contributed by atoms with Crippen LogP contribution in [0.3, 0.4) is 0 Å². The normalized spacial score (nSPS) is 13.5. The molecule has 2 amide bonds. The third kappa shape index (κ3) is 3.12. The number of benzene rings is 1. The number of nitrogens with two attached hydrogens (primary N) is 1. The summed E-state index contributed by atoms with van der Waals surface area (Å²) in [5.74, 6) is 0.0323. The molecule has 5 nitrogen and oxygen atoms in total. The molecule has 3 rings (SSSR count). The van der Waals surface area contributed by atoms with Crippen LogP contribution in [0.4, 0.5) is 0 Å². The maximum atomic E-state index is 12.2. The fraction of sp³-hybridized carbons (Fsp3) is 0.250. The number of ether oxygens (including phenoxy) is 1. The Kier molecular flexibility index (Phi) is 4.11. The lowest BCUT2D eigenvalue weighted by molar-refractivity contribution is -0.134. The van der Waals surface area contributed by atoms with Crippen molar-refractivity contribution in [2.24, 2.45) is 5.73 Å². The van der Waals surface area contributed by atoms with Crippen molar-refractivity contribution < 1.29 is 14.3 Å². The number of hydrogen-bond acceptors (Lipinski definition) is 4. The molecule has 0 fully saturated rings. The molecular formula is C16H16N2O3S. The largest absolute Gasteiger partial charge is 0.484 e. The molecule has 0 atom stereocenters. The summed E-state index contributed by atoms with van der Waals surface area (Å²) in [5.41, 5.74) is 6.82. The van der Waals surface area contributed by atoms with Crippen LogP contribution in [0.5, 0.6) is 5.75 Å². The second kappa shape index (κ2) is 6.19. The van der Waals surface area contributed by atoms with E-state index >= 15 is 0 Å². The van der Waals surface area contributed by atoms with Gasteiger partial charge >= 0.3 is 0 Å².